The van der Waals surface area contributed by atoms with Crippen molar-refractivity contribution in [1.29, 1.82) is 0 Å². The number of rotatable bonds is 9. The monoisotopic (exact) mass is 332 g/mol. The van der Waals surface area contributed by atoms with E-state index >= 15 is 0 Å². The number of carbonyl (C=O) groups excluding carboxylic acids is 2. The van der Waals surface area contributed by atoms with Crippen LogP contribution in [0.15, 0.2) is 0 Å². The van der Waals surface area contributed by atoms with Crippen molar-refractivity contribution in [2.75, 3.05) is 12.0 Å². The Bertz CT molecular complexity index is 393. The van der Waals surface area contributed by atoms with Crippen LogP contribution in [0.1, 0.15) is 60.3 Å². The predicted molar refractivity (Wildman–Crippen MR) is 92.5 cm³/mol. The molecule has 6 heteroatoms. The molecule has 2 amide bonds. The molecule has 3 atom stereocenters. The van der Waals surface area contributed by atoms with Crippen molar-refractivity contribution in [3.63, 3.8) is 0 Å². The molecule has 130 valence electrons. The standard InChI is InChI=1S/C16H32N2O3S/c1-7-9-10-16(8-2,12-22(6)21)18-14(20)17-13(11-19)15(3,4)5/h11,13H,7-10,12H2,1-6H3,(H2,17,18,20). The van der Waals surface area contributed by atoms with Crippen molar-refractivity contribution >= 4 is 23.1 Å². The normalized spacial score (nSPS) is 17.2. The Morgan fingerprint density at radius 2 is 1.86 bits per heavy atom. The van der Waals surface area contributed by atoms with E-state index in [0.717, 1.165) is 25.5 Å². The first-order valence-corrected chi connectivity index (χ1v) is 9.67. The Balaban J connectivity index is 5.00. The van der Waals surface area contributed by atoms with Crippen LogP contribution in [-0.4, -0.2) is 40.1 Å². The number of amides is 2. The van der Waals surface area contributed by atoms with Gasteiger partial charge in [-0.3, -0.25) is 4.21 Å². The minimum absolute atomic E-state index is 0.342. The second kappa shape index (κ2) is 9.28. The number of hydrogen-bond acceptors (Lipinski definition) is 3. The third-order valence-electron chi connectivity index (χ3n) is 3.90. The van der Waals surface area contributed by atoms with Crippen LogP contribution in [0.2, 0.25) is 0 Å². The first-order valence-electron chi connectivity index (χ1n) is 7.94. The number of nitrogens with one attached hydrogen (secondary N) is 2. The van der Waals surface area contributed by atoms with E-state index in [-0.39, 0.29) is 11.4 Å². The summed E-state index contributed by atoms with van der Waals surface area (Å²) in [6.07, 6.45) is 5.88. The molecular weight excluding hydrogens is 300 g/mol. The topological polar surface area (TPSA) is 75.3 Å². The Morgan fingerprint density at radius 1 is 1.27 bits per heavy atom. The highest BCUT2D eigenvalue weighted by Gasteiger charge is 2.33. The van der Waals surface area contributed by atoms with Gasteiger partial charge in [0.05, 0.1) is 11.6 Å². The lowest BCUT2D eigenvalue weighted by Gasteiger charge is -2.35. The van der Waals surface area contributed by atoms with Gasteiger partial charge in [-0.2, -0.15) is 0 Å². The molecular formula is C16H32N2O3S. The van der Waals surface area contributed by atoms with Crippen molar-refractivity contribution in [3.8, 4) is 0 Å². The van der Waals surface area contributed by atoms with Gasteiger partial charge in [0.2, 0.25) is 0 Å². The molecule has 0 bridgehead atoms. The van der Waals surface area contributed by atoms with Gasteiger partial charge in [0, 0.05) is 22.8 Å². The van der Waals surface area contributed by atoms with Gasteiger partial charge in [0.25, 0.3) is 0 Å². The summed E-state index contributed by atoms with van der Waals surface area (Å²) in [4.78, 5) is 23.5. The molecule has 0 saturated heterocycles. The lowest BCUT2D eigenvalue weighted by molar-refractivity contribution is -0.111. The van der Waals surface area contributed by atoms with E-state index in [0.29, 0.717) is 12.2 Å². The molecule has 0 saturated carbocycles. The maximum absolute atomic E-state index is 12.3. The fourth-order valence-electron chi connectivity index (χ4n) is 2.32. The lowest BCUT2D eigenvalue weighted by atomic mass is 9.87. The Labute approximate surface area is 137 Å². The number of carbonyl (C=O) groups is 2. The van der Waals surface area contributed by atoms with Crippen LogP contribution in [0.3, 0.4) is 0 Å². The Morgan fingerprint density at radius 3 is 2.23 bits per heavy atom. The van der Waals surface area contributed by atoms with Gasteiger partial charge in [-0.05, 0) is 18.3 Å². The molecule has 0 aliphatic carbocycles. The number of unbranched alkanes of at least 4 members (excludes halogenated alkanes) is 1. The lowest BCUT2D eigenvalue weighted by Crippen LogP contribution is -2.58. The van der Waals surface area contributed by atoms with Crippen molar-refractivity contribution in [2.24, 2.45) is 5.41 Å². The minimum Gasteiger partial charge on any atom is -0.332 e. The molecule has 5 nitrogen and oxygen atoms in total. The van der Waals surface area contributed by atoms with Gasteiger partial charge in [-0.15, -0.1) is 0 Å². The van der Waals surface area contributed by atoms with E-state index in [1.165, 1.54) is 0 Å². The molecule has 0 heterocycles. The summed E-state index contributed by atoms with van der Waals surface area (Å²) in [6, 6.07) is -0.921. The fourth-order valence-corrected chi connectivity index (χ4v) is 3.51. The molecule has 0 aliphatic heterocycles. The molecule has 0 fully saturated rings. The number of aldehydes is 1. The van der Waals surface area contributed by atoms with Crippen LogP contribution in [0, 0.1) is 5.41 Å². The first-order chi connectivity index (χ1) is 10.1. The smallest absolute Gasteiger partial charge is 0.315 e. The van der Waals surface area contributed by atoms with E-state index in [1.807, 2.05) is 27.7 Å². The molecule has 0 aromatic rings. The highest BCUT2D eigenvalue weighted by Crippen LogP contribution is 2.21. The van der Waals surface area contributed by atoms with Crippen molar-refractivity contribution in [2.45, 2.75) is 71.9 Å². The van der Waals surface area contributed by atoms with E-state index in [1.54, 1.807) is 6.26 Å². The molecule has 0 rings (SSSR count). The van der Waals surface area contributed by atoms with Crippen LogP contribution >= 0.6 is 0 Å². The highest BCUT2D eigenvalue weighted by molar-refractivity contribution is 7.84. The predicted octanol–water partition coefficient (Wildman–Crippen LogP) is 2.62. The Kier molecular flexibility index (Phi) is 8.89. The van der Waals surface area contributed by atoms with E-state index in [2.05, 4.69) is 17.6 Å². The summed E-state index contributed by atoms with van der Waals surface area (Å²) in [7, 11) is -0.998. The Hall–Kier alpha value is -0.910. The summed E-state index contributed by atoms with van der Waals surface area (Å²) < 4.78 is 11.7. The summed E-state index contributed by atoms with van der Waals surface area (Å²) in [5, 5.41) is 5.71. The fraction of sp³-hybridized carbons (Fsp3) is 0.875. The van der Waals surface area contributed by atoms with Crippen LogP contribution in [-0.2, 0) is 15.6 Å². The van der Waals surface area contributed by atoms with Gasteiger partial charge in [0.15, 0.2) is 0 Å². The second-order valence-corrected chi connectivity index (χ2v) is 8.47. The van der Waals surface area contributed by atoms with Crippen LogP contribution in [0.4, 0.5) is 4.79 Å². The van der Waals surface area contributed by atoms with E-state index < -0.39 is 22.4 Å². The van der Waals surface area contributed by atoms with Crippen LogP contribution in [0.25, 0.3) is 0 Å². The van der Waals surface area contributed by atoms with Gasteiger partial charge in [-0.1, -0.05) is 47.5 Å². The van der Waals surface area contributed by atoms with Crippen LogP contribution < -0.4 is 10.6 Å². The zero-order valence-corrected chi connectivity index (χ0v) is 15.6. The minimum atomic E-state index is -0.998. The zero-order chi connectivity index (χ0) is 17.4. The average molecular weight is 333 g/mol. The van der Waals surface area contributed by atoms with Gasteiger partial charge < -0.3 is 15.4 Å². The number of urea groups is 1. The molecule has 3 unspecified atom stereocenters. The van der Waals surface area contributed by atoms with E-state index in [9.17, 15) is 13.8 Å². The average Bonchev–Trinajstić information content (AvgIpc) is 2.40. The second-order valence-electron chi connectivity index (χ2n) is 7.03. The van der Waals surface area contributed by atoms with Crippen LogP contribution in [0.5, 0.6) is 0 Å². The van der Waals surface area contributed by atoms with Gasteiger partial charge >= 0.3 is 6.03 Å². The first kappa shape index (κ1) is 21.1. The quantitative estimate of drug-likeness (QED) is 0.637. The van der Waals surface area contributed by atoms with Crippen molar-refractivity contribution in [3.05, 3.63) is 0 Å². The summed E-state index contributed by atoms with van der Waals surface area (Å²) in [5.74, 6) is 0.429. The zero-order valence-electron chi connectivity index (χ0n) is 14.8. The molecule has 22 heavy (non-hydrogen) atoms. The third-order valence-corrected chi connectivity index (χ3v) is 4.86. The molecule has 0 spiro atoms. The highest BCUT2D eigenvalue weighted by atomic mass is 32.2. The molecule has 0 aromatic heterocycles. The molecule has 0 aliphatic rings. The number of hydrogen-bond donors (Lipinski definition) is 2. The maximum Gasteiger partial charge on any atom is 0.315 e. The third kappa shape index (κ3) is 7.38. The van der Waals surface area contributed by atoms with Gasteiger partial charge in [0.1, 0.15) is 6.29 Å². The largest absolute Gasteiger partial charge is 0.332 e. The molecule has 0 aromatic carbocycles. The van der Waals surface area contributed by atoms with Crippen molar-refractivity contribution < 1.29 is 13.8 Å². The summed E-state index contributed by atoms with van der Waals surface area (Å²) >= 11 is 0. The maximum atomic E-state index is 12.3. The molecule has 2 N–H and O–H groups in total. The SMILES string of the molecule is CCCCC(CC)(CS(C)=O)NC(=O)NC(C=O)C(C)(C)C. The van der Waals surface area contributed by atoms with Gasteiger partial charge in [-0.25, -0.2) is 4.79 Å². The summed E-state index contributed by atoms with van der Waals surface area (Å²) in [5.41, 5.74) is -0.823. The molecule has 0 radical (unpaired) electrons. The van der Waals surface area contributed by atoms with Crippen molar-refractivity contribution in [1.82, 2.24) is 10.6 Å². The van der Waals surface area contributed by atoms with E-state index in [4.69, 9.17) is 0 Å². The summed E-state index contributed by atoms with van der Waals surface area (Å²) in [6.45, 7) is 9.78.